The lowest BCUT2D eigenvalue weighted by Crippen LogP contribution is -2.22. The molecule has 2 fully saturated rings. The predicted octanol–water partition coefficient (Wildman–Crippen LogP) is 2.50. The van der Waals surface area contributed by atoms with Gasteiger partial charge in [0.2, 0.25) is 5.91 Å². The van der Waals surface area contributed by atoms with Gasteiger partial charge in [-0.3, -0.25) is 19.0 Å². The van der Waals surface area contributed by atoms with E-state index in [-0.39, 0.29) is 40.6 Å². The molecule has 0 spiro atoms. The van der Waals surface area contributed by atoms with Crippen LogP contribution in [0.3, 0.4) is 0 Å². The highest BCUT2D eigenvalue weighted by atomic mass is 16.5. The lowest BCUT2D eigenvalue weighted by molar-refractivity contribution is -0.117. The highest BCUT2D eigenvalue weighted by Gasteiger charge is 2.30. The van der Waals surface area contributed by atoms with Crippen molar-refractivity contribution in [2.24, 2.45) is 5.92 Å². The molecule has 0 bridgehead atoms. The monoisotopic (exact) mass is 478 g/mol. The van der Waals surface area contributed by atoms with Crippen LogP contribution in [0.5, 0.6) is 5.75 Å². The number of carbonyl (C=O) groups is 2. The van der Waals surface area contributed by atoms with Gasteiger partial charge in [-0.25, -0.2) is 4.98 Å². The molecule has 2 aromatic heterocycles. The Morgan fingerprint density at radius 2 is 1.97 bits per heavy atom. The van der Waals surface area contributed by atoms with Crippen LogP contribution < -0.4 is 26.2 Å². The fourth-order valence-corrected chi connectivity index (χ4v) is 3.74. The Labute approximate surface area is 205 Å². The van der Waals surface area contributed by atoms with Crippen molar-refractivity contribution in [2.75, 3.05) is 24.7 Å². The normalized spacial score (nSPS) is 16.4. The van der Waals surface area contributed by atoms with Gasteiger partial charge in [0.1, 0.15) is 0 Å². The standard InChI is InChI=1S/C24H25N7O4/c1-25-24(34)21-18(10-19(29-30-21)28-23(33)13-6-7-13)27-16-5-3-4-15(22(16)35-2)17-11-20(32)31(12-26-17)14-8-9-14/h3-5,10-14H,6-9H2,1-2H3,(H,25,34)(H2,27,28,29,33)/i1D3. The third-order valence-corrected chi connectivity index (χ3v) is 5.86. The summed E-state index contributed by atoms with van der Waals surface area (Å²) in [7, 11) is 1.45. The van der Waals surface area contributed by atoms with E-state index >= 15 is 0 Å². The second kappa shape index (κ2) is 9.16. The maximum Gasteiger partial charge on any atom is 0.273 e. The summed E-state index contributed by atoms with van der Waals surface area (Å²) >= 11 is 0. The number of methoxy groups -OCH3 is 1. The molecule has 2 aliphatic rings. The number of amides is 2. The first-order chi connectivity index (χ1) is 18.1. The van der Waals surface area contributed by atoms with Crippen LogP contribution in [0, 0.1) is 5.92 Å². The van der Waals surface area contributed by atoms with Crippen molar-refractivity contribution in [1.29, 1.82) is 0 Å². The van der Waals surface area contributed by atoms with E-state index in [1.54, 1.807) is 22.8 Å². The molecular weight excluding hydrogens is 450 g/mol. The van der Waals surface area contributed by atoms with E-state index < -0.39 is 12.9 Å². The lowest BCUT2D eigenvalue weighted by Gasteiger charge is -2.17. The van der Waals surface area contributed by atoms with Crippen molar-refractivity contribution in [2.45, 2.75) is 31.7 Å². The van der Waals surface area contributed by atoms with Gasteiger partial charge < -0.3 is 20.7 Å². The zero-order valence-electron chi connectivity index (χ0n) is 21.9. The van der Waals surface area contributed by atoms with Gasteiger partial charge in [-0.1, -0.05) is 6.07 Å². The molecule has 2 amide bonds. The van der Waals surface area contributed by atoms with Crippen LogP contribution in [-0.4, -0.2) is 45.6 Å². The first-order valence-electron chi connectivity index (χ1n) is 12.7. The summed E-state index contributed by atoms with van der Waals surface area (Å²) in [6.07, 6.45) is 4.99. The van der Waals surface area contributed by atoms with Gasteiger partial charge in [0, 0.05) is 40.7 Å². The van der Waals surface area contributed by atoms with Crippen LogP contribution >= 0.6 is 0 Å². The highest BCUT2D eigenvalue weighted by molar-refractivity contribution is 6.00. The molecule has 0 aliphatic heterocycles. The molecule has 2 aliphatic carbocycles. The van der Waals surface area contributed by atoms with Crippen molar-refractivity contribution in [3.8, 4) is 17.0 Å². The predicted molar refractivity (Wildman–Crippen MR) is 129 cm³/mol. The Hall–Kier alpha value is -4.28. The Morgan fingerprint density at radius 1 is 1.14 bits per heavy atom. The number of nitrogens with one attached hydrogen (secondary N) is 3. The molecule has 11 heteroatoms. The molecule has 11 nitrogen and oxygen atoms in total. The quantitative estimate of drug-likeness (QED) is 0.449. The summed E-state index contributed by atoms with van der Waals surface area (Å²) in [4.78, 5) is 42.0. The molecule has 180 valence electrons. The third-order valence-electron chi connectivity index (χ3n) is 5.86. The number of aromatic nitrogens is 4. The van der Waals surface area contributed by atoms with E-state index in [1.165, 1.54) is 25.6 Å². The van der Waals surface area contributed by atoms with Crippen LogP contribution in [0.15, 0.2) is 41.5 Å². The van der Waals surface area contributed by atoms with Gasteiger partial charge in [0.15, 0.2) is 17.3 Å². The average molecular weight is 479 g/mol. The van der Waals surface area contributed by atoms with Crippen LogP contribution in [0.25, 0.3) is 11.3 Å². The fraction of sp³-hybridized carbons (Fsp3) is 0.333. The molecule has 5 rings (SSSR count). The average Bonchev–Trinajstić information content (AvgIpc) is 3.76. The maximum absolute atomic E-state index is 12.7. The largest absolute Gasteiger partial charge is 0.494 e. The zero-order chi connectivity index (χ0) is 27.0. The molecular formula is C24H25N7O4. The molecule has 3 aromatic rings. The first kappa shape index (κ1) is 19.1. The molecule has 0 saturated heterocycles. The van der Waals surface area contributed by atoms with Crippen molar-refractivity contribution in [3.63, 3.8) is 0 Å². The summed E-state index contributed by atoms with van der Waals surface area (Å²) in [5.41, 5.74) is 0.918. The molecule has 35 heavy (non-hydrogen) atoms. The van der Waals surface area contributed by atoms with Crippen LogP contribution in [0.1, 0.15) is 46.3 Å². The molecule has 0 atom stereocenters. The van der Waals surface area contributed by atoms with E-state index in [0.29, 0.717) is 22.7 Å². The van der Waals surface area contributed by atoms with Crippen LogP contribution in [0.4, 0.5) is 17.2 Å². The molecule has 2 saturated carbocycles. The highest BCUT2D eigenvalue weighted by Crippen LogP contribution is 2.38. The Kier molecular flexibility index (Phi) is 4.99. The molecule has 3 N–H and O–H groups in total. The summed E-state index contributed by atoms with van der Waals surface area (Å²) < 4.78 is 29.3. The van der Waals surface area contributed by atoms with E-state index in [0.717, 1.165) is 25.7 Å². The number of anilines is 3. The topological polar surface area (TPSA) is 140 Å². The number of hydrogen-bond donors (Lipinski definition) is 3. The Bertz CT molecular complexity index is 1470. The lowest BCUT2D eigenvalue weighted by atomic mass is 10.1. The number of para-hydroxylation sites is 1. The summed E-state index contributed by atoms with van der Waals surface area (Å²) in [6.45, 7) is -2.75. The smallest absolute Gasteiger partial charge is 0.273 e. The summed E-state index contributed by atoms with van der Waals surface area (Å²) in [5, 5.41) is 15.4. The number of nitrogens with zero attached hydrogens (tertiary/aromatic N) is 4. The second-order valence-corrected chi connectivity index (χ2v) is 8.47. The van der Waals surface area contributed by atoms with Gasteiger partial charge in [0.05, 0.1) is 30.5 Å². The first-order valence-corrected chi connectivity index (χ1v) is 11.2. The van der Waals surface area contributed by atoms with Crippen molar-refractivity contribution < 1.29 is 18.4 Å². The third kappa shape index (κ3) is 4.70. The van der Waals surface area contributed by atoms with Gasteiger partial charge in [-0.15, -0.1) is 10.2 Å². The minimum absolute atomic E-state index is 0.0837. The zero-order valence-corrected chi connectivity index (χ0v) is 18.9. The van der Waals surface area contributed by atoms with Gasteiger partial charge >= 0.3 is 0 Å². The Morgan fingerprint density at radius 3 is 2.66 bits per heavy atom. The number of carbonyl (C=O) groups excluding carboxylic acids is 2. The van der Waals surface area contributed by atoms with Gasteiger partial charge in [-0.2, -0.15) is 0 Å². The van der Waals surface area contributed by atoms with Crippen molar-refractivity contribution in [1.82, 2.24) is 25.1 Å². The van der Waals surface area contributed by atoms with Crippen molar-refractivity contribution >= 4 is 29.0 Å². The van der Waals surface area contributed by atoms with E-state index in [2.05, 4.69) is 25.8 Å². The minimum atomic E-state index is -2.75. The molecule has 0 radical (unpaired) electrons. The molecule has 1 aromatic carbocycles. The molecule has 2 heterocycles. The number of ether oxygens (including phenoxy) is 1. The summed E-state index contributed by atoms with van der Waals surface area (Å²) in [5.74, 6) is -0.870. The summed E-state index contributed by atoms with van der Waals surface area (Å²) in [6, 6.07) is 8.13. The van der Waals surface area contributed by atoms with E-state index in [9.17, 15) is 14.4 Å². The maximum atomic E-state index is 12.7. The van der Waals surface area contributed by atoms with Gasteiger partial charge in [-0.05, 0) is 37.8 Å². The number of rotatable bonds is 8. The van der Waals surface area contributed by atoms with Crippen molar-refractivity contribution in [3.05, 3.63) is 52.7 Å². The number of benzene rings is 1. The second-order valence-electron chi connectivity index (χ2n) is 8.47. The van der Waals surface area contributed by atoms with Crippen LogP contribution in [-0.2, 0) is 4.79 Å². The van der Waals surface area contributed by atoms with Crippen LogP contribution in [0.2, 0.25) is 0 Å². The van der Waals surface area contributed by atoms with E-state index in [1.807, 2.05) is 5.32 Å². The minimum Gasteiger partial charge on any atom is -0.494 e. The number of hydrogen-bond acceptors (Lipinski definition) is 8. The van der Waals surface area contributed by atoms with E-state index in [4.69, 9.17) is 8.85 Å². The van der Waals surface area contributed by atoms with Gasteiger partial charge in [0.25, 0.3) is 11.5 Å². The Balaban J connectivity index is 1.51. The fourth-order valence-electron chi connectivity index (χ4n) is 3.74. The molecule has 0 unspecified atom stereocenters. The SMILES string of the molecule is [2H]C([2H])([2H])NC(=O)c1nnc(NC(=O)C2CC2)cc1Nc1cccc(-c2cc(=O)n(C3CC3)cn2)c1OC.